The topological polar surface area (TPSA) is 79.7 Å². The second-order valence-corrected chi connectivity index (χ2v) is 9.46. The van der Waals surface area contributed by atoms with Crippen LogP contribution in [0.2, 0.25) is 5.02 Å². The first-order valence-corrected chi connectivity index (χ1v) is 12.4. The van der Waals surface area contributed by atoms with Gasteiger partial charge in [-0.05, 0) is 55.0 Å². The Kier molecular flexibility index (Phi) is 5.67. The summed E-state index contributed by atoms with van der Waals surface area (Å²) in [5.74, 6) is 0.722. The van der Waals surface area contributed by atoms with Crippen LogP contribution in [-0.2, 0) is 6.54 Å². The van der Waals surface area contributed by atoms with Crippen LogP contribution in [0.4, 0.5) is 5.82 Å². The minimum atomic E-state index is -0.218. The molecule has 0 N–H and O–H groups in total. The molecule has 178 valence electrons. The van der Waals surface area contributed by atoms with E-state index in [1.54, 1.807) is 22.9 Å². The van der Waals surface area contributed by atoms with Crippen LogP contribution in [0.1, 0.15) is 30.5 Å². The molecular weight excluding hydrogens is 472 g/mol. The van der Waals surface area contributed by atoms with Crippen LogP contribution >= 0.6 is 11.6 Å². The van der Waals surface area contributed by atoms with Gasteiger partial charge in [-0.25, -0.2) is 4.98 Å². The molecule has 0 aliphatic carbocycles. The quantitative estimate of drug-likeness (QED) is 0.339. The summed E-state index contributed by atoms with van der Waals surface area (Å²) in [4.78, 5) is 25.4. The fourth-order valence-corrected chi connectivity index (χ4v) is 5.24. The molecule has 2 aromatic carbocycles. The lowest BCUT2D eigenvalue weighted by Crippen LogP contribution is -2.32. The van der Waals surface area contributed by atoms with Crippen molar-refractivity contribution in [3.63, 3.8) is 0 Å². The number of benzene rings is 2. The molecule has 0 atom stereocenters. The van der Waals surface area contributed by atoms with Gasteiger partial charge in [-0.15, -0.1) is 0 Å². The van der Waals surface area contributed by atoms with Crippen molar-refractivity contribution in [2.75, 3.05) is 18.0 Å². The van der Waals surface area contributed by atoms with Crippen LogP contribution in [0.5, 0.6) is 0 Å². The number of piperidine rings is 1. The molecule has 0 saturated carbocycles. The smallest absolute Gasteiger partial charge is 0.278 e. The summed E-state index contributed by atoms with van der Waals surface area (Å²) in [5.41, 5.74) is 2.57. The van der Waals surface area contributed by atoms with Gasteiger partial charge in [0.1, 0.15) is 28.5 Å². The Balaban J connectivity index is 1.60. The fourth-order valence-electron chi connectivity index (χ4n) is 5.12. The zero-order chi connectivity index (χ0) is 24.6. The third kappa shape index (κ3) is 3.71. The van der Waals surface area contributed by atoms with Gasteiger partial charge in [0.05, 0.1) is 18.6 Å². The lowest BCUT2D eigenvalue weighted by Gasteiger charge is -2.30. The first-order valence-electron chi connectivity index (χ1n) is 12.0. The van der Waals surface area contributed by atoms with Gasteiger partial charge in [-0.3, -0.25) is 18.9 Å². The molecule has 0 unspecified atom stereocenters. The number of nitrogens with zero attached hydrogens (tertiary/aromatic N) is 6. The average Bonchev–Trinajstić information content (AvgIpc) is 3.26. The predicted octanol–water partition coefficient (Wildman–Crippen LogP) is 5.30. The van der Waals surface area contributed by atoms with Gasteiger partial charge in [0, 0.05) is 35.4 Å². The molecule has 8 heteroatoms. The Morgan fingerprint density at radius 1 is 0.972 bits per heavy atom. The third-order valence-corrected chi connectivity index (χ3v) is 7.09. The molecule has 0 bridgehead atoms. The molecule has 3 aromatic heterocycles. The largest absolute Gasteiger partial charge is 0.357 e. The van der Waals surface area contributed by atoms with E-state index in [2.05, 4.69) is 20.9 Å². The second kappa shape index (κ2) is 9.14. The summed E-state index contributed by atoms with van der Waals surface area (Å²) in [5, 5.41) is 12.9. The number of hydrogen-bond acceptors (Lipinski definition) is 5. The number of nitriles is 1. The highest BCUT2D eigenvalue weighted by atomic mass is 35.5. The minimum absolute atomic E-state index is 0.218. The Morgan fingerprint density at radius 3 is 2.53 bits per heavy atom. The van der Waals surface area contributed by atoms with Gasteiger partial charge >= 0.3 is 0 Å². The van der Waals surface area contributed by atoms with Crippen LogP contribution in [0, 0.1) is 11.3 Å². The van der Waals surface area contributed by atoms with Crippen molar-refractivity contribution in [3.05, 3.63) is 93.8 Å². The number of halogens is 1. The molecule has 1 aliphatic heterocycles. The van der Waals surface area contributed by atoms with Crippen molar-refractivity contribution in [2.45, 2.75) is 25.8 Å². The maximum Gasteiger partial charge on any atom is 0.278 e. The summed E-state index contributed by atoms with van der Waals surface area (Å²) in [7, 11) is 0. The molecule has 4 heterocycles. The van der Waals surface area contributed by atoms with Crippen molar-refractivity contribution >= 4 is 39.2 Å². The lowest BCUT2D eigenvalue weighted by molar-refractivity contribution is 0.571. The van der Waals surface area contributed by atoms with Gasteiger partial charge in [-0.1, -0.05) is 35.9 Å². The number of anilines is 1. The zero-order valence-corrected chi connectivity index (χ0v) is 20.3. The zero-order valence-electron chi connectivity index (χ0n) is 19.6. The molecule has 6 rings (SSSR count). The molecule has 1 fully saturated rings. The summed E-state index contributed by atoms with van der Waals surface area (Å²) in [6, 6.07) is 19.6. The summed E-state index contributed by atoms with van der Waals surface area (Å²) in [6.07, 6.45) is 6.52. The predicted molar refractivity (Wildman–Crippen MR) is 142 cm³/mol. The SMILES string of the molecule is N#Cc1c(N2CCCCC2)n(-c2ccc(Cl)cc2)c2c(=O)n(Cc3nccc4ccccc34)cnc12. The van der Waals surface area contributed by atoms with Gasteiger partial charge in [-0.2, -0.15) is 5.26 Å². The van der Waals surface area contributed by atoms with Crippen molar-refractivity contribution < 1.29 is 0 Å². The molecular formula is C28H23ClN6O. The third-order valence-electron chi connectivity index (χ3n) is 6.84. The Bertz CT molecular complexity index is 1690. The Labute approximate surface area is 212 Å². The molecule has 7 nitrogen and oxygen atoms in total. The number of hydrogen-bond donors (Lipinski definition) is 0. The molecule has 0 spiro atoms. The van der Waals surface area contributed by atoms with E-state index >= 15 is 0 Å². The number of fused-ring (bicyclic) bond motifs is 2. The van der Waals surface area contributed by atoms with Crippen molar-refractivity contribution in [3.8, 4) is 11.8 Å². The monoisotopic (exact) mass is 494 g/mol. The number of pyridine rings is 1. The highest BCUT2D eigenvalue weighted by Gasteiger charge is 2.27. The van der Waals surface area contributed by atoms with Crippen molar-refractivity contribution in [1.29, 1.82) is 5.26 Å². The lowest BCUT2D eigenvalue weighted by atomic mass is 10.1. The van der Waals surface area contributed by atoms with Gasteiger partial charge in [0.2, 0.25) is 0 Å². The number of aromatic nitrogens is 4. The van der Waals surface area contributed by atoms with E-state index in [1.807, 2.05) is 47.0 Å². The Morgan fingerprint density at radius 2 is 1.75 bits per heavy atom. The van der Waals surface area contributed by atoms with Crippen molar-refractivity contribution in [1.82, 2.24) is 19.1 Å². The number of rotatable bonds is 4. The van der Waals surface area contributed by atoms with Gasteiger partial charge < -0.3 is 4.90 Å². The van der Waals surface area contributed by atoms with Crippen LogP contribution in [0.25, 0.3) is 27.5 Å². The summed E-state index contributed by atoms with van der Waals surface area (Å²) < 4.78 is 3.46. The van der Waals surface area contributed by atoms with Gasteiger partial charge in [0.15, 0.2) is 0 Å². The van der Waals surface area contributed by atoms with Crippen molar-refractivity contribution in [2.24, 2.45) is 0 Å². The molecule has 0 amide bonds. The highest BCUT2D eigenvalue weighted by molar-refractivity contribution is 6.30. The average molecular weight is 495 g/mol. The molecule has 1 aliphatic rings. The summed E-state index contributed by atoms with van der Waals surface area (Å²) >= 11 is 6.18. The maximum absolute atomic E-state index is 14.0. The fraction of sp³-hybridized carbons (Fsp3) is 0.214. The van der Waals surface area contributed by atoms with Gasteiger partial charge in [0.25, 0.3) is 5.56 Å². The van der Waals surface area contributed by atoms with E-state index in [0.29, 0.717) is 21.6 Å². The second-order valence-electron chi connectivity index (χ2n) is 9.02. The van der Waals surface area contributed by atoms with Crippen LogP contribution in [0.15, 0.2) is 71.9 Å². The van der Waals surface area contributed by atoms with E-state index in [4.69, 9.17) is 11.6 Å². The van der Waals surface area contributed by atoms with E-state index < -0.39 is 0 Å². The minimum Gasteiger partial charge on any atom is -0.357 e. The van der Waals surface area contributed by atoms with E-state index in [9.17, 15) is 10.1 Å². The molecule has 1 saturated heterocycles. The van der Waals surface area contributed by atoms with E-state index in [1.165, 1.54) is 6.33 Å². The first-order chi connectivity index (χ1) is 17.7. The standard InChI is InChI=1S/C28H23ClN6O/c29-20-8-10-21(11-9-20)35-26-25(23(16-30)27(35)33-14-4-1-5-15-33)32-18-34(28(26)36)17-24-22-7-3-2-6-19(22)12-13-31-24/h2-3,6-13,18H,1,4-5,14-15,17H2. The normalized spacial score (nSPS) is 13.8. The summed E-state index contributed by atoms with van der Waals surface area (Å²) in [6.45, 7) is 1.93. The van der Waals surface area contributed by atoms with Crippen LogP contribution in [-0.4, -0.2) is 32.2 Å². The highest BCUT2D eigenvalue weighted by Crippen LogP contribution is 2.34. The van der Waals surface area contributed by atoms with E-state index in [-0.39, 0.29) is 12.1 Å². The van der Waals surface area contributed by atoms with Crippen LogP contribution < -0.4 is 10.5 Å². The molecule has 0 radical (unpaired) electrons. The first kappa shape index (κ1) is 22.3. The molecule has 36 heavy (non-hydrogen) atoms. The van der Waals surface area contributed by atoms with E-state index in [0.717, 1.165) is 60.3 Å². The molecule has 5 aromatic rings. The maximum atomic E-state index is 14.0. The Hall–Kier alpha value is -4.15. The van der Waals surface area contributed by atoms with Crippen LogP contribution in [0.3, 0.4) is 0 Å².